The van der Waals surface area contributed by atoms with Gasteiger partial charge in [-0.1, -0.05) is 19.1 Å². The molecular weight excluding hydrogens is 240 g/mol. The van der Waals surface area contributed by atoms with Crippen LogP contribution in [0.2, 0.25) is 0 Å². The average Bonchev–Trinajstić information content (AvgIpc) is 2.81. The minimum absolute atomic E-state index is 0.719. The summed E-state index contributed by atoms with van der Waals surface area (Å²) in [5, 5.41) is 0. The smallest absolute Gasteiger partial charge is 0.109 e. The molecule has 19 heavy (non-hydrogen) atoms. The molecule has 0 spiro atoms. The molecule has 0 atom stereocenters. The van der Waals surface area contributed by atoms with Crippen LogP contribution in [0.15, 0.2) is 24.3 Å². The Hall–Kier alpha value is -1.39. The molecule has 0 unspecified atom stereocenters. The van der Waals surface area contributed by atoms with E-state index in [1.165, 1.54) is 5.52 Å². The van der Waals surface area contributed by atoms with E-state index in [-0.39, 0.29) is 0 Å². The topological polar surface area (TPSA) is 36.3 Å². The van der Waals surface area contributed by atoms with Crippen molar-refractivity contribution in [2.24, 2.45) is 0 Å². The van der Waals surface area contributed by atoms with Gasteiger partial charge < -0.3 is 14.0 Å². The predicted octanol–water partition coefficient (Wildman–Crippen LogP) is 2.65. The van der Waals surface area contributed by atoms with Crippen LogP contribution < -0.4 is 0 Å². The number of aryl methyl sites for hydroxylation is 1. The number of nitrogens with zero attached hydrogens (tertiary/aromatic N) is 2. The molecule has 1 heterocycles. The zero-order valence-corrected chi connectivity index (χ0v) is 11.8. The van der Waals surface area contributed by atoms with Crippen molar-refractivity contribution in [2.75, 3.05) is 26.9 Å². The van der Waals surface area contributed by atoms with Gasteiger partial charge in [-0.2, -0.15) is 0 Å². The van der Waals surface area contributed by atoms with Crippen molar-refractivity contribution in [3.8, 4) is 0 Å². The van der Waals surface area contributed by atoms with Crippen LogP contribution in [0.1, 0.15) is 19.2 Å². The third kappa shape index (κ3) is 3.55. The van der Waals surface area contributed by atoms with E-state index in [0.29, 0.717) is 0 Å². The number of aromatic nitrogens is 2. The third-order valence-corrected chi connectivity index (χ3v) is 3.15. The number of benzene rings is 1. The lowest BCUT2D eigenvalue weighted by molar-refractivity contribution is 0.0978. The highest BCUT2D eigenvalue weighted by atomic mass is 16.5. The number of methoxy groups -OCH3 is 1. The highest BCUT2D eigenvalue weighted by Gasteiger charge is 2.07. The zero-order valence-electron chi connectivity index (χ0n) is 11.8. The van der Waals surface area contributed by atoms with Gasteiger partial charge in [-0.25, -0.2) is 4.98 Å². The van der Waals surface area contributed by atoms with Gasteiger partial charge >= 0.3 is 0 Å². The van der Waals surface area contributed by atoms with Gasteiger partial charge in [0.15, 0.2) is 0 Å². The van der Waals surface area contributed by atoms with E-state index in [9.17, 15) is 0 Å². The van der Waals surface area contributed by atoms with Crippen molar-refractivity contribution in [3.05, 3.63) is 30.1 Å². The maximum absolute atomic E-state index is 5.63. The zero-order chi connectivity index (χ0) is 13.5. The largest absolute Gasteiger partial charge is 0.385 e. The Bertz CT molecular complexity index is 508. The van der Waals surface area contributed by atoms with Crippen LogP contribution in [-0.2, 0) is 22.4 Å². The number of hydrogen-bond donors (Lipinski definition) is 0. The Morgan fingerprint density at radius 2 is 2.00 bits per heavy atom. The van der Waals surface area contributed by atoms with Crippen molar-refractivity contribution in [1.82, 2.24) is 9.55 Å². The summed E-state index contributed by atoms with van der Waals surface area (Å²) < 4.78 is 12.9. The summed E-state index contributed by atoms with van der Waals surface area (Å²) in [5.41, 5.74) is 2.26. The first-order valence-electron chi connectivity index (χ1n) is 6.87. The maximum Gasteiger partial charge on any atom is 0.109 e. The van der Waals surface area contributed by atoms with E-state index in [1.807, 2.05) is 6.07 Å². The highest BCUT2D eigenvalue weighted by Crippen LogP contribution is 2.16. The van der Waals surface area contributed by atoms with Crippen LogP contribution in [0.3, 0.4) is 0 Å². The predicted molar refractivity (Wildman–Crippen MR) is 76.4 cm³/mol. The van der Waals surface area contributed by atoms with Crippen LogP contribution in [0, 0.1) is 0 Å². The van der Waals surface area contributed by atoms with E-state index in [0.717, 1.165) is 50.5 Å². The number of ether oxygens (including phenoxy) is 2. The number of fused-ring (bicyclic) bond motifs is 1. The molecule has 1 aromatic heterocycles. The summed E-state index contributed by atoms with van der Waals surface area (Å²) in [6, 6.07) is 8.26. The summed E-state index contributed by atoms with van der Waals surface area (Å²) in [5.74, 6) is 1.13. The molecule has 104 valence electrons. The standard InChI is InChI=1S/C15H22N2O2/c1-3-15-16-13-7-4-5-8-14(13)17(15)9-12-19-11-6-10-18-2/h4-5,7-8H,3,6,9-12H2,1-2H3. The van der Waals surface area contributed by atoms with Crippen LogP contribution >= 0.6 is 0 Å². The van der Waals surface area contributed by atoms with Gasteiger partial charge in [0.2, 0.25) is 0 Å². The molecule has 4 nitrogen and oxygen atoms in total. The molecule has 2 aromatic rings. The van der Waals surface area contributed by atoms with Crippen LogP contribution in [0.4, 0.5) is 0 Å². The van der Waals surface area contributed by atoms with Gasteiger partial charge in [0.05, 0.1) is 17.6 Å². The number of para-hydroxylation sites is 2. The van der Waals surface area contributed by atoms with Gasteiger partial charge in [-0.3, -0.25) is 0 Å². The van der Waals surface area contributed by atoms with Gasteiger partial charge in [0.25, 0.3) is 0 Å². The van der Waals surface area contributed by atoms with E-state index in [2.05, 4.69) is 34.7 Å². The second-order valence-electron chi connectivity index (χ2n) is 4.48. The fraction of sp³-hybridized carbons (Fsp3) is 0.533. The lowest BCUT2D eigenvalue weighted by Crippen LogP contribution is -2.10. The van der Waals surface area contributed by atoms with E-state index in [1.54, 1.807) is 7.11 Å². The summed E-state index contributed by atoms with van der Waals surface area (Å²) in [7, 11) is 1.71. The number of hydrogen-bond acceptors (Lipinski definition) is 3. The average molecular weight is 262 g/mol. The molecule has 0 N–H and O–H groups in total. The quantitative estimate of drug-likeness (QED) is 0.686. The second-order valence-corrected chi connectivity index (χ2v) is 4.48. The SMILES string of the molecule is CCc1nc2ccccc2n1CCOCCCOC. The molecule has 4 heteroatoms. The Morgan fingerprint density at radius 3 is 2.79 bits per heavy atom. The molecule has 2 rings (SSSR count). The fourth-order valence-electron chi connectivity index (χ4n) is 2.21. The third-order valence-electron chi connectivity index (χ3n) is 3.15. The highest BCUT2D eigenvalue weighted by molar-refractivity contribution is 5.75. The van der Waals surface area contributed by atoms with Crippen molar-refractivity contribution in [2.45, 2.75) is 26.3 Å². The molecule has 0 radical (unpaired) electrons. The van der Waals surface area contributed by atoms with Gasteiger partial charge in [-0.15, -0.1) is 0 Å². The fourth-order valence-corrected chi connectivity index (χ4v) is 2.21. The molecule has 0 amide bonds. The van der Waals surface area contributed by atoms with Gasteiger partial charge in [0.1, 0.15) is 5.82 Å². The molecule has 0 saturated heterocycles. The van der Waals surface area contributed by atoms with E-state index >= 15 is 0 Å². The van der Waals surface area contributed by atoms with Crippen LogP contribution in [-0.4, -0.2) is 36.5 Å². The van der Waals surface area contributed by atoms with E-state index < -0.39 is 0 Å². The molecule has 0 aliphatic rings. The van der Waals surface area contributed by atoms with E-state index in [4.69, 9.17) is 9.47 Å². The van der Waals surface area contributed by atoms with Crippen molar-refractivity contribution in [1.29, 1.82) is 0 Å². The first-order valence-corrected chi connectivity index (χ1v) is 6.87. The summed E-state index contributed by atoms with van der Waals surface area (Å²) >= 11 is 0. The van der Waals surface area contributed by atoms with Crippen molar-refractivity contribution in [3.63, 3.8) is 0 Å². The molecule has 0 fully saturated rings. The molecule has 0 aliphatic heterocycles. The Balaban J connectivity index is 1.95. The second kappa shape index (κ2) is 7.26. The Labute approximate surface area is 114 Å². The van der Waals surface area contributed by atoms with Crippen molar-refractivity contribution < 1.29 is 9.47 Å². The Morgan fingerprint density at radius 1 is 1.16 bits per heavy atom. The number of imidazole rings is 1. The molecule has 0 saturated carbocycles. The van der Waals surface area contributed by atoms with Crippen LogP contribution in [0.25, 0.3) is 11.0 Å². The Kier molecular flexibility index (Phi) is 5.36. The maximum atomic E-state index is 5.63. The van der Waals surface area contributed by atoms with Gasteiger partial charge in [-0.05, 0) is 18.6 Å². The normalized spacial score (nSPS) is 11.3. The lowest BCUT2D eigenvalue weighted by atomic mass is 10.3. The molecule has 0 bridgehead atoms. The monoisotopic (exact) mass is 262 g/mol. The van der Waals surface area contributed by atoms with Gasteiger partial charge in [0, 0.05) is 33.3 Å². The summed E-state index contributed by atoms with van der Waals surface area (Å²) in [6.07, 6.45) is 1.89. The molecule has 1 aromatic carbocycles. The number of rotatable bonds is 8. The minimum atomic E-state index is 0.719. The van der Waals surface area contributed by atoms with Crippen LogP contribution in [0.5, 0.6) is 0 Å². The first-order chi connectivity index (χ1) is 9.36. The minimum Gasteiger partial charge on any atom is -0.385 e. The first kappa shape index (κ1) is 14.0. The van der Waals surface area contributed by atoms with Crippen molar-refractivity contribution >= 4 is 11.0 Å². The molecular formula is C15H22N2O2. The summed E-state index contributed by atoms with van der Waals surface area (Å²) in [6.45, 7) is 5.22. The summed E-state index contributed by atoms with van der Waals surface area (Å²) in [4.78, 5) is 4.65. The molecule has 0 aliphatic carbocycles. The lowest BCUT2D eigenvalue weighted by Gasteiger charge is -2.08.